The minimum atomic E-state index is -1.11. The van der Waals surface area contributed by atoms with Crippen LogP contribution in [0.15, 0.2) is 36.4 Å². The molecule has 0 saturated heterocycles. The molecule has 0 unspecified atom stereocenters. The number of para-hydroxylation sites is 1. The maximum atomic E-state index is 13.4. The number of carboxylic acid groups (broad SMARTS) is 1. The number of aromatic carboxylic acids is 1. The molecule has 0 amide bonds. The molecule has 0 spiro atoms. The van der Waals surface area contributed by atoms with Gasteiger partial charge in [0.15, 0.2) is 0 Å². The molecule has 0 radical (unpaired) electrons. The van der Waals surface area contributed by atoms with Crippen molar-refractivity contribution < 1.29 is 19.0 Å². The van der Waals surface area contributed by atoms with Gasteiger partial charge < -0.3 is 9.84 Å². The summed E-state index contributed by atoms with van der Waals surface area (Å²) in [4.78, 5) is 15.2. The molecule has 0 aliphatic rings. The van der Waals surface area contributed by atoms with Crippen LogP contribution in [0.25, 0.3) is 26.1 Å². The van der Waals surface area contributed by atoms with E-state index in [0.717, 1.165) is 11.3 Å². The zero-order chi connectivity index (χ0) is 16.6. The molecule has 23 heavy (non-hydrogen) atoms. The van der Waals surface area contributed by atoms with Gasteiger partial charge in [-0.3, -0.25) is 0 Å². The largest absolute Gasteiger partial charge is 0.508 e. The second kappa shape index (κ2) is 5.71. The predicted octanol–water partition coefficient (Wildman–Crippen LogP) is 4.96. The summed E-state index contributed by atoms with van der Waals surface area (Å²) in [5, 5.41) is 10.1. The zero-order valence-electron chi connectivity index (χ0n) is 12.0. The average Bonchev–Trinajstić information content (AvgIpc) is 2.92. The van der Waals surface area contributed by atoms with Crippen LogP contribution in [0.4, 0.5) is 10.1 Å². The Morgan fingerprint density at radius 3 is 2.78 bits per heavy atom. The first-order chi connectivity index (χ1) is 11.1. The van der Waals surface area contributed by atoms with Gasteiger partial charge in [-0.2, -0.15) is 0 Å². The van der Waals surface area contributed by atoms with Crippen LogP contribution in [0, 0.1) is 12.4 Å². The van der Waals surface area contributed by atoms with Crippen molar-refractivity contribution in [1.29, 1.82) is 0 Å². The highest BCUT2D eigenvalue weighted by molar-refractivity contribution is 7.21. The molecule has 6 heteroatoms. The van der Waals surface area contributed by atoms with Crippen LogP contribution in [0.3, 0.4) is 0 Å². The van der Waals surface area contributed by atoms with Gasteiger partial charge in [0.05, 0.1) is 13.7 Å². The second-order valence-electron chi connectivity index (χ2n) is 4.72. The number of hydrogen-bond donors (Lipinski definition) is 1. The first kappa shape index (κ1) is 15.0. The van der Waals surface area contributed by atoms with Crippen molar-refractivity contribution in [2.75, 3.05) is 7.11 Å². The van der Waals surface area contributed by atoms with E-state index in [2.05, 4.69) is 4.85 Å². The third-order valence-corrected chi connectivity index (χ3v) is 4.59. The van der Waals surface area contributed by atoms with Crippen LogP contribution in [0.2, 0.25) is 0 Å². The van der Waals surface area contributed by atoms with Crippen LogP contribution in [-0.4, -0.2) is 18.2 Å². The Hall–Kier alpha value is -2.91. The minimum Gasteiger partial charge on any atom is -0.508 e. The average molecular weight is 327 g/mol. The molecule has 0 aliphatic heterocycles. The highest BCUT2D eigenvalue weighted by Crippen LogP contribution is 2.45. The number of thiophene rings is 1. The van der Waals surface area contributed by atoms with Gasteiger partial charge in [0, 0.05) is 15.6 Å². The molecule has 0 saturated carbocycles. The van der Waals surface area contributed by atoms with Crippen LogP contribution >= 0.6 is 11.3 Å². The molecule has 4 nitrogen and oxygen atoms in total. The molecule has 1 heterocycles. The van der Waals surface area contributed by atoms with Gasteiger partial charge in [0.1, 0.15) is 16.4 Å². The highest BCUT2D eigenvalue weighted by atomic mass is 32.1. The highest BCUT2D eigenvalue weighted by Gasteiger charge is 2.23. The molecule has 0 bridgehead atoms. The number of rotatable bonds is 3. The molecule has 0 aliphatic carbocycles. The van der Waals surface area contributed by atoms with Crippen molar-refractivity contribution in [2.45, 2.75) is 0 Å². The predicted molar refractivity (Wildman–Crippen MR) is 87.0 cm³/mol. The van der Waals surface area contributed by atoms with Crippen molar-refractivity contribution in [3.63, 3.8) is 0 Å². The summed E-state index contributed by atoms with van der Waals surface area (Å²) < 4.78 is 19.1. The maximum Gasteiger partial charge on any atom is 0.346 e. The fourth-order valence-electron chi connectivity index (χ4n) is 2.49. The number of ether oxygens (including phenoxy) is 1. The van der Waals surface area contributed by atoms with E-state index in [1.165, 1.54) is 25.3 Å². The Kier molecular flexibility index (Phi) is 3.72. The Morgan fingerprint density at radius 1 is 1.35 bits per heavy atom. The first-order valence-electron chi connectivity index (χ1n) is 6.57. The summed E-state index contributed by atoms with van der Waals surface area (Å²) in [6.07, 6.45) is 0. The minimum absolute atomic E-state index is 0.0729. The van der Waals surface area contributed by atoms with E-state index in [-0.39, 0.29) is 10.6 Å². The summed E-state index contributed by atoms with van der Waals surface area (Å²) in [5.74, 6) is -1.17. The van der Waals surface area contributed by atoms with E-state index in [9.17, 15) is 14.3 Å². The van der Waals surface area contributed by atoms with Crippen molar-refractivity contribution in [2.24, 2.45) is 0 Å². The van der Waals surface area contributed by atoms with Crippen LogP contribution in [-0.2, 0) is 0 Å². The summed E-state index contributed by atoms with van der Waals surface area (Å²) in [6.45, 7) is 7.39. The molecule has 3 aromatic rings. The van der Waals surface area contributed by atoms with Crippen LogP contribution in [0.1, 0.15) is 9.67 Å². The topological polar surface area (TPSA) is 50.9 Å². The third-order valence-electron chi connectivity index (χ3n) is 3.45. The number of halogens is 1. The second-order valence-corrected chi connectivity index (χ2v) is 5.77. The van der Waals surface area contributed by atoms with Crippen molar-refractivity contribution >= 4 is 33.1 Å². The van der Waals surface area contributed by atoms with Gasteiger partial charge >= 0.3 is 5.97 Å². The molecule has 1 aromatic heterocycles. The number of methoxy groups -OCH3 is 1. The Bertz CT molecular complexity index is 972. The smallest absolute Gasteiger partial charge is 0.346 e. The van der Waals surface area contributed by atoms with Gasteiger partial charge in [-0.25, -0.2) is 14.0 Å². The summed E-state index contributed by atoms with van der Waals surface area (Å²) in [7, 11) is 1.45. The lowest BCUT2D eigenvalue weighted by Crippen LogP contribution is -1.95. The van der Waals surface area contributed by atoms with E-state index in [0.29, 0.717) is 27.0 Å². The maximum absolute atomic E-state index is 13.4. The van der Waals surface area contributed by atoms with Crippen LogP contribution < -0.4 is 4.74 Å². The summed E-state index contributed by atoms with van der Waals surface area (Å²) >= 11 is 0.990. The van der Waals surface area contributed by atoms with Gasteiger partial charge in [-0.15, -0.1) is 11.3 Å². The molecule has 1 N–H and O–H groups in total. The molecule has 0 fully saturated rings. The van der Waals surface area contributed by atoms with Crippen molar-refractivity contribution in [1.82, 2.24) is 0 Å². The standard InChI is InChI=1S/C17H10FNO3S/c1-19-15-11(4-3-5-12(15)22-2)14-10-7-6-9(18)8-13(10)23-16(14)17(20)21/h3-8H,2H3,(H,20,21). The van der Waals surface area contributed by atoms with Gasteiger partial charge in [0.25, 0.3) is 0 Å². The van der Waals surface area contributed by atoms with E-state index in [1.54, 1.807) is 18.2 Å². The molecule has 0 atom stereocenters. The van der Waals surface area contributed by atoms with E-state index in [1.807, 2.05) is 0 Å². The number of benzene rings is 2. The first-order valence-corrected chi connectivity index (χ1v) is 7.38. The third kappa shape index (κ3) is 2.41. The zero-order valence-corrected chi connectivity index (χ0v) is 12.8. The number of carbonyl (C=O) groups is 1. The quantitative estimate of drug-likeness (QED) is 0.691. The number of carboxylic acids is 1. The van der Waals surface area contributed by atoms with Gasteiger partial charge in [0.2, 0.25) is 5.69 Å². The van der Waals surface area contributed by atoms with E-state index < -0.39 is 11.8 Å². The lowest BCUT2D eigenvalue weighted by molar-refractivity contribution is 0.0703. The normalized spacial score (nSPS) is 10.5. The van der Waals surface area contributed by atoms with Crippen molar-refractivity contribution in [3.8, 4) is 16.9 Å². The van der Waals surface area contributed by atoms with E-state index >= 15 is 0 Å². The number of fused-ring (bicyclic) bond motifs is 1. The van der Waals surface area contributed by atoms with Gasteiger partial charge in [-0.05, 0) is 23.8 Å². The monoisotopic (exact) mass is 327 g/mol. The van der Waals surface area contributed by atoms with Gasteiger partial charge in [-0.1, -0.05) is 18.2 Å². The summed E-state index contributed by atoms with van der Waals surface area (Å²) in [5.41, 5.74) is 1.12. The molecule has 114 valence electrons. The van der Waals surface area contributed by atoms with E-state index in [4.69, 9.17) is 11.3 Å². The Morgan fingerprint density at radius 2 is 2.13 bits per heavy atom. The Balaban J connectivity index is 2.43. The fraction of sp³-hybridized carbons (Fsp3) is 0.0588. The SMILES string of the molecule is [C-]#[N+]c1c(OC)cccc1-c1c(C(=O)O)sc2cc(F)ccc12. The summed E-state index contributed by atoms with van der Waals surface area (Å²) in [6, 6.07) is 9.13. The van der Waals surface area contributed by atoms with Crippen molar-refractivity contribution in [3.05, 3.63) is 58.5 Å². The molecular formula is C17H10FNO3S. The Labute approximate surface area is 135 Å². The lowest BCUT2D eigenvalue weighted by Gasteiger charge is -2.09. The number of nitrogens with zero attached hydrogens (tertiary/aromatic N) is 1. The molecular weight excluding hydrogens is 317 g/mol. The lowest BCUT2D eigenvalue weighted by atomic mass is 9.99. The molecule has 3 rings (SSSR count). The number of hydrogen-bond acceptors (Lipinski definition) is 3. The molecule has 2 aromatic carbocycles. The van der Waals surface area contributed by atoms with Crippen LogP contribution in [0.5, 0.6) is 5.75 Å². The fourth-order valence-corrected chi connectivity index (χ4v) is 3.57.